The molecule has 0 aliphatic rings. The summed E-state index contributed by atoms with van der Waals surface area (Å²) >= 11 is 5.89. The van der Waals surface area contributed by atoms with Crippen LogP contribution in [0.15, 0.2) is 48.5 Å². The van der Waals surface area contributed by atoms with Crippen LogP contribution in [-0.4, -0.2) is 30.8 Å². The largest absolute Gasteiger partial charge is 0.497 e. The van der Waals surface area contributed by atoms with Crippen molar-refractivity contribution in [2.75, 3.05) is 19.0 Å². The molecule has 28 heavy (non-hydrogen) atoms. The first kappa shape index (κ1) is 19.8. The van der Waals surface area contributed by atoms with Gasteiger partial charge in [-0.1, -0.05) is 17.7 Å². The van der Waals surface area contributed by atoms with E-state index in [0.717, 1.165) is 5.39 Å². The molecule has 1 amide bonds. The number of nitrogens with zero attached hydrogens (tertiary/aromatic N) is 1. The van der Waals surface area contributed by atoms with Crippen molar-refractivity contribution in [3.05, 3.63) is 59.2 Å². The molecule has 0 fully saturated rings. The smallest absolute Gasteiger partial charge is 0.422 e. The number of fused-ring (bicyclic) bond motifs is 1. The Hall–Kier alpha value is -3.00. The van der Waals surface area contributed by atoms with Gasteiger partial charge in [0.1, 0.15) is 17.2 Å². The van der Waals surface area contributed by atoms with Gasteiger partial charge >= 0.3 is 6.18 Å². The highest BCUT2D eigenvalue weighted by Crippen LogP contribution is 2.30. The Labute approximate surface area is 163 Å². The van der Waals surface area contributed by atoms with Crippen molar-refractivity contribution in [3.63, 3.8) is 0 Å². The maximum atomic E-state index is 12.5. The minimum Gasteiger partial charge on any atom is -0.497 e. The highest BCUT2D eigenvalue weighted by molar-refractivity contribution is 6.31. The van der Waals surface area contributed by atoms with E-state index >= 15 is 0 Å². The van der Waals surface area contributed by atoms with Crippen molar-refractivity contribution in [2.24, 2.45) is 0 Å². The fraction of sp³-hybridized carbons (Fsp3) is 0.158. The summed E-state index contributed by atoms with van der Waals surface area (Å²) < 4.78 is 47.2. The monoisotopic (exact) mass is 410 g/mol. The molecule has 146 valence electrons. The number of anilines is 1. The van der Waals surface area contributed by atoms with Gasteiger partial charge in [0, 0.05) is 10.4 Å². The topological polar surface area (TPSA) is 60.5 Å². The Morgan fingerprint density at radius 2 is 1.93 bits per heavy atom. The van der Waals surface area contributed by atoms with Gasteiger partial charge in [-0.15, -0.1) is 0 Å². The predicted molar refractivity (Wildman–Crippen MR) is 99.3 cm³/mol. The standard InChI is InChI=1S/C19H14ClF3N2O3/c1-27-13-4-6-14-11(8-13)2-5-15(24-14)18(26)25-16-9-12(20)3-7-17(16)28-10-19(21,22)23/h2-9H,10H2,1H3,(H,25,26). The molecule has 0 saturated carbocycles. The molecule has 9 heteroatoms. The second-order valence-electron chi connectivity index (χ2n) is 5.75. The first-order valence-electron chi connectivity index (χ1n) is 8.00. The molecule has 1 aromatic heterocycles. The molecule has 0 aliphatic heterocycles. The minimum atomic E-state index is -4.51. The maximum Gasteiger partial charge on any atom is 0.422 e. The van der Waals surface area contributed by atoms with E-state index in [1.54, 1.807) is 31.4 Å². The van der Waals surface area contributed by atoms with Crippen molar-refractivity contribution in [1.82, 2.24) is 4.98 Å². The number of benzene rings is 2. The Balaban J connectivity index is 1.84. The van der Waals surface area contributed by atoms with Crippen LogP contribution in [0.25, 0.3) is 10.9 Å². The van der Waals surface area contributed by atoms with Gasteiger partial charge in [0.05, 0.1) is 18.3 Å². The van der Waals surface area contributed by atoms with E-state index in [4.69, 9.17) is 21.1 Å². The van der Waals surface area contributed by atoms with Gasteiger partial charge in [-0.05, 0) is 42.5 Å². The maximum absolute atomic E-state index is 12.5. The van der Waals surface area contributed by atoms with Crippen LogP contribution in [-0.2, 0) is 0 Å². The lowest BCUT2D eigenvalue weighted by atomic mass is 10.2. The fourth-order valence-electron chi connectivity index (χ4n) is 2.43. The minimum absolute atomic E-state index is 0.0124. The van der Waals surface area contributed by atoms with Crippen LogP contribution in [0.4, 0.5) is 18.9 Å². The molecule has 1 heterocycles. The van der Waals surface area contributed by atoms with Crippen molar-refractivity contribution in [3.8, 4) is 11.5 Å². The average Bonchev–Trinajstić information content (AvgIpc) is 2.65. The number of aromatic nitrogens is 1. The lowest BCUT2D eigenvalue weighted by molar-refractivity contribution is -0.153. The van der Waals surface area contributed by atoms with Gasteiger partial charge in [0.15, 0.2) is 6.61 Å². The fourth-order valence-corrected chi connectivity index (χ4v) is 2.60. The highest BCUT2D eigenvalue weighted by atomic mass is 35.5. The van der Waals surface area contributed by atoms with Crippen molar-refractivity contribution in [2.45, 2.75) is 6.18 Å². The van der Waals surface area contributed by atoms with Crippen molar-refractivity contribution < 1.29 is 27.4 Å². The molecule has 0 bridgehead atoms. The number of carbonyl (C=O) groups excluding carboxylic acids is 1. The number of pyridine rings is 1. The Kier molecular flexibility index (Phi) is 5.60. The summed E-state index contributed by atoms with van der Waals surface area (Å²) in [5.74, 6) is -0.116. The molecule has 2 aromatic carbocycles. The van der Waals surface area contributed by atoms with Gasteiger partial charge in [0.2, 0.25) is 0 Å². The highest BCUT2D eigenvalue weighted by Gasteiger charge is 2.29. The molecule has 5 nitrogen and oxygen atoms in total. The SMILES string of the molecule is COc1ccc2nc(C(=O)Nc3cc(Cl)ccc3OCC(F)(F)F)ccc2c1. The zero-order valence-corrected chi connectivity index (χ0v) is 15.3. The third-order valence-electron chi connectivity index (χ3n) is 3.71. The summed E-state index contributed by atoms with van der Waals surface area (Å²) in [6.07, 6.45) is -4.51. The molecule has 1 N–H and O–H groups in total. The lowest BCUT2D eigenvalue weighted by Crippen LogP contribution is -2.20. The van der Waals surface area contributed by atoms with E-state index in [1.807, 2.05) is 0 Å². The number of hydrogen-bond acceptors (Lipinski definition) is 4. The van der Waals surface area contributed by atoms with Crippen LogP contribution < -0.4 is 14.8 Å². The van der Waals surface area contributed by atoms with Crippen LogP contribution in [0, 0.1) is 0 Å². The quantitative estimate of drug-likeness (QED) is 0.636. The summed E-state index contributed by atoms with van der Waals surface area (Å²) in [5, 5.41) is 3.49. The van der Waals surface area contributed by atoms with Gasteiger partial charge in [-0.2, -0.15) is 13.2 Å². The van der Waals surface area contributed by atoms with Crippen LogP contribution in [0.1, 0.15) is 10.5 Å². The number of rotatable bonds is 5. The molecule has 0 aliphatic carbocycles. The lowest BCUT2D eigenvalue weighted by Gasteiger charge is -2.14. The van der Waals surface area contributed by atoms with Gasteiger partial charge in [0.25, 0.3) is 5.91 Å². The molecule has 0 radical (unpaired) electrons. The molecular weight excluding hydrogens is 397 g/mol. The molecule has 0 saturated heterocycles. The summed E-state index contributed by atoms with van der Waals surface area (Å²) in [5.41, 5.74) is 0.658. The van der Waals surface area contributed by atoms with E-state index in [0.29, 0.717) is 11.3 Å². The zero-order valence-electron chi connectivity index (χ0n) is 14.5. The Bertz CT molecular complexity index is 1020. The molecule has 0 spiro atoms. The first-order chi connectivity index (χ1) is 13.2. The Morgan fingerprint density at radius 3 is 2.64 bits per heavy atom. The van der Waals surface area contributed by atoms with E-state index in [9.17, 15) is 18.0 Å². The van der Waals surface area contributed by atoms with E-state index in [1.165, 1.54) is 24.3 Å². The number of alkyl halides is 3. The number of carbonyl (C=O) groups is 1. The van der Waals surface area contributed by atoms with E-state index < -0.39 is 18.7 Å². The van der Waals surface area contributed by atoms with Gasteiger partial charge in [-0.25, -0.2) is 4.98 Å². The zero-order chi connectivity index (χ0) is 20.3. The van der Waals surface area contributed by atoms with E-state index in [-0.39, 0.29) is 22.2 Å². The van der Waals surface area contributed by atoms with Gasteiger partial charge < -0.3 is 14.8 Å². The van der Waals surface area contributed by atoms with E-state index in [2.05, 4.69) is 10.3 Å². The molecule has 3 rings (SSSR count). The predicted octanol–water partition coefficient (Wildman–Crippen LogP) is 5.09. The van der Waals surface area contributed by atoms with Crippen LogP contribution in [0.2, 0.25) is 5.02 Å². The third-order valence-corrected chi connectivity index (χ3v) is 3.95. The number of ether oxygens (including phenoxy) is 2. The molecule has 0 unspecified atom stereocenters. The summed E-state index contributed by atoms with van der Waals surface area (Å²) in [6.45, 7) is -1.49. The van der Waals surface area contributed by atoms with Gasteiger partial charge in [-0.3, -0.25) is 4.79 Å². The molecule has 0 atom stereocenters. The summed E-state index contributed by atoms with van der Waals surface area (Å²) in [6, 6.07) is 12.3. The van der Waals surface area contributed by atoms with Crippen LogP contribution >= 0.6 is 11.6 Å². The number of halogens is 4. The van der Waals surface area contributed by atoms with Crippen LogP contribution in [0.3, 0.4) is 0 Å². The second kappa shape index (κ2) is 7.93. The number of hydrogen-bond donors (Lipinski definition) is 1. The van der Waals surface area contributed by atoms with Crippen molar-refractivity contribution >= 4 is 34.1 Å². The molecule has 3 aromatic rings. The number of amides is 1. The summed E-state index contributed by atoms with van der Waals surface area (Å²) in [7, 11) is 1.54. The normalized spacial score (nSPS) is 11.3. The van der Waals surface area contributed by atoms with Crippen molar-refractivity contribution in [1.29, 1.82) is 0 Å². The number of methoxy groups -OCH3 is 1. The average molecular weight is 411 g/mol. The Morgan fingerprint density at radius 1 is 1.14 bits per heavy atom. The van der Waals surface area contributed by atoms with Crippen LogP contribution in [0.5, 0.6) is 11.5 Å². The second-order valence-corrected chi connectivity index (χ2v) is 6.19. The molecular formula is C19H14ClF3N2O3. The number of nitrogens with one attached hydrogen (secondary N) is 1. The third kappa shape index (κ3) is 4.83. The first-order valence-corrected chi connectivity index (χ1v) is 8.38. The summed E-state index contributed by atoms with van der Waals surface area (Å²) in [4.78, 5) is 16.8.